The molecule has 6 heteroatoms. The second kappa shape index (κ2) is 7.95. The minimum atomic E-state index is -0.0242. The van der Waals surface area contributed by atoms with Gasteiger partial charge in [-0.1, -0.05) is 0 Å². The summed E-state index contributed by atoms with van der Waals surface area (Å²) in [7, 11) is 4.03. The van der Waals surface area contributed by atoms with Gasteiger partial charge in [-0.3, -0.25) is 4.79 Å². The number of amides is 1. The highest BCUT2D eigenvalue weighted by molar-refractivity contribution is 5.94. The molecule has 1 amide bonds. The first-order chi connectivity index (χ1) is 10.2. The second-order valence-corrected chi connectivity index (χ2v) is 5.41. The van der Waals surface area contributed by atoms with Crippen molar-refractivity contribution in [2.24, 2.45) is 0 Å². The van der Waals surface area contributed by atoms with E-state index in [1.165, 1.54) is 0 Å². The van der Waals surface area contributed by atoms with E-state index < -0.39 is 0 Å². The van der Waals surface area contributed by atoms with Gasteiger partial charge in [0.1, 0.15) is 5.82 Å². The van der Waals surface area contributed by atoms with Crippen molar-refractivity contribution in [3.63, 3.8) is 0 Å². The van der Waals surface area contributed by atoms with Crippen LogP contribution in [-0.4, -0.2) is 69.2 Å². The topological polar surface area (TPSA) is 60.5 Å². The fraction of sp³-hybridized carbons (Fsp3) is 0.600. The van der Waals surface area contributed by atoms with E-state index in [2.05, 4.69) is 32.5 Å². The van der Waals surface area contributed by atoms with Gasteiger partial charge < -0.3 is 20.4 Å². The van der Waals surface area contributed by atoms with Gasteiger partial charge in [-0.05, 0) is 39.2 Å². The van der Waals surface area contributed by atoms with Gasteiger partial charge in [0, 0.05) is 44.5 Å². The lowest BCUT2D eigenvalue weighted by Gasteiger charge is -2.33. The Morgan fingerprint density at radius 1 is 1.29 bits per heavy atom. The van der Waals surface area contributed by atoms with Gasteiger partial charge in [0.25, 0.3) is 5.91 Å². The second-order valence-electron chi connectivity index (χ2n) is 5.41. The Hall–Kier alpha value is -1.66. The third-order valence-corrected chi connectivity index (χ3v) is 3.72. The highest BCUT2D eigenvalue weighted by Crippen LogP contribution is 2.14. The van der Waals surface area contributed by atoms with E-state index in [1.54, 1.807) is 12.3 Å². The molecule has 0 aliphatic carbocycles. The van der Waals surface area contributed by atoms with Gasteiger partial charge in [0.05, 0.1) is 0 Å². The van der Waals surface area contributed by atoms with Crippen LogP contribution in [0.3, 0.4) is 0 Å². The maximum Gasteiger partial charge on any atom is 0.251 e. The van der Waals surface area contributed by atoms with Crippen molar-refractivity contribution in [3.05, 3.63) is 23.9 Å². The summed E-state index contributed by atoms with van der Waals surface area (Å²) in [4.78, 5) is 21.0. The first kappa shape index (κ1) is 15.7. The summed E-state index contributed by atoms with van der Waals surface area (Å²) in [6.45, 7) is 5.56. The van der Waals surface area contributed by atoms with Gasteiger partial charge in [-0.2, -0.15) is 0 Å². The predicted molar refractivity (Wildman–Crippen MR) is 84.8 cm³/mol. The average molecular weight is 291 g/mol. The first-order valence-corrected chi connectivity index (χ1v) is 7.53. The normalized spacial score (nSPS) is 16.0. The van der Waals surface area contributed by atoms with Crippen molar-refractivity contribution in [1.82, 2.24) is 20.5 Å². The predicted octanol–water partition coefficient (Wildman–Crippen LogP) is 0.173. The molecular weight excluding hydrogens is 266 g/mol. The summed E-state index contributed by atoms with van der Waals surface area (Å²) in [5.41, 5.74) is 0.684. The summed E-state index contributed by atoms with van der Waals surface area (Å²) >= 11 is 0. The van der Waals surface area contributed by atoms with Crippen molar-refractivity contribution in [3.8, 4) is 0 Å². The fourth-order valence-corrected chi connectivity index (χ4v) is 2.34. The lowest BCUT2D eigenvalue weighted by molar-refractivity contribution is 0.0953. The number of nitrogens with one attached hydrogen (secondary N) is 2. The molecule has 0 radical (unpaired) electrons. The number of carbonyl (C=O) groups is 1. The molecule has 6 nitrogen and oxygen atoms in total. The zero-order chi connectivity index (χ0) is 15.1. The number of hydrogen-bond acceptors (Lipinski definition) is 5. The molecule has 0 bridgehead atoms. The van der Waals surface area contributed by atoms with Gasteiger partial charge in [-0.15, -0.1) is 0 Å². The van der Waals surface area contributed by atoms with Crippen LogP contribution in [0, 0.1) is 0 Å². The third kappa shape index (κ3) is 4.68. The zero-order valence-corrected chi connectivity index (χ0v) is 12.9. The lowest BCUT2D eigenvalue weighted by atomic mass is 10.2. The number of aromatic nitrogens is 1. The molecule has 2 heterocycles. The zero-order valence-electron chi connectivity index (χ0n) is 12.9. The molecule has 0 unspecified atom stereocenters. The van der Waals surface area contributed by atoms with Gasteiger partial charge in [0.2, 0.25) is 0 Å². The molecule has 1 aliphatic heterocycles. The third-order valence-electron chi connectivity index (χ3n) is 3.72. The summed E-state index contributed by atoms with van der Waals surface area (Å²) in [6, 6.07) is 3.66. The number of piperazine rings is 1. The minimum Gasteiger partial charge on any atom is -0.354 e. The average Bonchev–Trinajstić information content (AvgIpc) is 2.52. The molecule has 1 aromatic rings. The van der Waals surface area contributed by atoms with Crippen molar-refractivity contribution < 1.29 is 4.79 Å². The molecule has 116 valence electrons. The minimum absolute atomic E-state index is 0.0242. The molecule has 2 rings (SSSR count). The summed E-state index contributed by atoms with van der Waals surface area (Å²) in [5, 5.41) is 6.00. The van der Waals surface area contributed by atoms with Crippen LogP contribution in [0.5, 0.6) is 0 Å². The number of carbonyl (C=O) groups excluding carboxylic acids is 1. The van der Waals surface area contributed by atoms with E-state index in [0.717, 1.165) is 45.0 Å². The molecule has 0 spiro atoms. The van der Waals surface area contributed by atoms with Crippen molar-refractivity contribution in [2.75, 3.05) is 58.3 Å². The summed E-state index contributed by atoms with van der Waals surface area (Å²) in [6.07, 6.45) is 2.65. The van der Waals surface area contributed by atoms with Crippen molar-refractivity contribution in [1.29, 1.82) is 0 Å². The number of likely N-dealkylation sites (N-methyl/N-ethyl adjacent to an activating group) is 1. The number of nitrogens with zero attached hydrogens (tertiary/aromatic N) is 3. The lowest BCUT2D eigenvalue weighted by Crippen LogP contribution is -2.44. The van der Waals surface area contributed by atoms with E-state index >= 15 is 0 Å². The maximum atomic E-state index is 12.1. The molecular formula is C15H25N5O. The molecule has 0 atom stereocenters. The van der Waals surface area contributed by atoms with Crippen LogP contribution in [0.15, 0.2) is 18.3 Å². The van der Waals surface area contributed by atoms with Crippen LogP contribution >= 0.6 is 0 Å². The van der Waals surface area contributed by atoms with Crippen LogP contribution in [0.4, 0.5) is 5.82 Å². The van der Waals surface area contributed by atoms with Crippen LogP contribution in [0.2, 0.25) is 0 Å². The van der Waals surface area contributed by atoms with E-state index in [4.69, 9.17) is 0 Å². The smallest absolute Gasteiger partial charge is 0.251 e. The Morgan fingerprint density at radius 3 is 2.76 bits per heavy atom. The SMILES string of the molecule is CNCCCNC(=O)c1ccnc(N2CCN(C)CC2)c1. The van der Waals surface area contributed by atoms with Gasteiger partial charge in [0.15, 0.2) is 0 Å². The molecule has 0 aromatic carbocycles. The Labute approximate surface area is 126 Å². The summed E-state index contributed by atoms with van der Waals surface area (Å²) in [5.74, 6) is 0.870. The molecule has 2 N–H and O–H groups in total. The van der Waals surface area contributed by atoms with E-state index in [0.29, 0.717) is 12.1 Å². The van der Waals surface area contributed by atoms with Crippen LogP contribution < -0.4 is 15.5 Å². The van der Waals surface area contributed by atoms with Crippen molar-refractivity contribution in [2.45, 2.75) is 6.42 Å². The van der Waals surface area contributed by atoms with E-state index in [-0.39, 0.29) is 5.91 Å². The van der Waals surface area contributed by atoms with E-state index in [1.807, 2.05) is 13.1 Å². The maximum absolute atomic E-state index is 12.1. The van der Waals surface area contributed by atoms with Crippen LogP contribution in [-0.2, 0) is 0 Å². The standard InChI is InChI=1S/C15H25N5O/c1-16-5-3-6-18-15(21)13-4-7-17-14(12-13)20-10-8-19(2)9-11-20/h4,7,12,16H,3,5-6,8-11H2,1-2H3,(H,18,21). The monoisotopic (exact) mass is 291 g/mol. The molecule has 0 saturated carbocycles. The highest BCUT2D eigenvalue weighted by atomic mass is 16.1. The molecule has 1 fully saturated rings. The Morgan fingerprint density at radius 2 is 2.05 bits per heavy atom. The van der Waals surface area contributed by atoms with Gasteiger partial charge >= 0.3 is 0 Å². The fourth-order valence-electron chi connectivity index (χ4n) is 2.34. The molecule has 1 saturated heterocycles. The Kier molecular flexibility index (Phi) is 5.95. The van der Waals surface area contributed by atoms with Gasteiger partial charge in [-0.25, -0.2) is 4.98 Å². The van der Waals surface area contributed by atoms with E-state index in [9.17, 15) is 4.79 Å². The van der Waals surface area contributed by atoms with Crippen molar-refractivity contribution >= 4 is 11.7 Å². The quantitative estimate of drug-likeness (QED) is 0.732. The van der Waals surface area contributed by atoms with Crippen LogP contribution in [0.25, 0.3) is 0 Å². The highest BCUT2D eigenvalue weighted by Gasteiger charge is 2.16. The number of rotatable bonds is 6. The molecule has 21 heavy (non-hydrogen) atoms. The molecule has 1 aliphatic rings. The number of anilines is 1. The first-order valence-electron chi connectivity index (χ1n) is 7.53. The Bertz CT molecular complexity index is 457. The molecule has 1 aromatic heterocycles. The number of pyridine rings is 1. The number of hydrogen-bond donors (Lipinski definition) is 2. The summed E-state index contributed by atoms with van der Waals surface area (Å²) < 4.78 is 0. The van der Waals surface area contributed by atoms with Crippen LogP contribution in [0.1, 0.15) is 16.8 Å². The Balaban J connectivity index is 1.92. The largest absolute Gasteiger partial charge is 0.354 e.